The van der Waals surface area contributed by atoms with Crippen LogP contribution in [-0.2, 0) is 4.79 Å². The highest BCUT2D eigenvalue weighted by molar-refractivity contribution is 5.94. The Morgan fingerprint density at radius 2 is 1.67 bits per heavy atom. The molecule has 0 bridgehead atoms. The number of halogens is 3. The number of nitrogens with zero attached hydrogens (tertiary/aromatic N) is 1. The van der Waals surface area contributed by atoms with Crippen LogP contribution >= 0.6 is 0 Å². The van der Waals surface area contributed by atoms with Crippen LogP contribution in [0.1, 0.15) is 41.7 Å². The molecule has 27 heavy (non-hydrogen) atoms. The average molecular weight is 378 g/mol. The molecule has 0 aromatic heterocycles. The van der Waals surface area contributed by atoms with Crippen LogP contribution in [-0.4, -0.2) is 30.3 Å². The summed E-state index contributed by atoms with van der Waals surface area (Å²) in [5.41, 5.74) is 0.567. The van der Waals surface area contributed by atoms with Crippen LogP contribution in [0.3, 0.4) is 0 Å². The first-order valence-corrected chi connectivity index (χ1v) is 8.54. The van der Waals surface area contributed by atoms with E-state index < -0.39 is 17.5 Å². The van der Waals surface area contributed by atoms with Crippen LogP contribution in [0.2, 0.25) is 0 Å². The van der Waals surface area contributed by atoms with E-state index in [1.807, 2.05) is 6.92 Å². The lowest BCUT2D eigenvalue weighted by atomic mass is 10.1. The third-order valence-corrected chi connectivity index (χ3v) is 4.36. The monoisotopic (exact) mass is 378 g/mol. The number of hydrogen-bond acceptors (Lipinski definition) is 2. The van der Waals surface area contributed by atoms with Gasteiger partial charge in [-0.05, 0) is 43.2 Å². The van der Waals surface area contributed by atoms with Gasteiger partial charge in [0.05, 0.1) is 11.6 Å². The fourth-order valence-electron chi connectivity index (χ4n) is 2.57. The first-order valence-electron chi connectivity index (χ1n) is 8.54. The number of amides is 2. The van der Waals surface area contributed by atoms with Gasteiger partial charge in [0.2, 0.25) is 5.91 Å². The predicted octanol–water partition coefficient (Wildman–Crippen LogP) is 3.83. The molecule has 1 N–H and O–H groups in total. The van der Waals surface area contributed by atoms with Crippen molar-refractivity contribution in [2.75, 3.05) is 13.6 Å². The molecule has 4 nitrogen and oxygen atoms in total. The van der Waals surface area contributed by atoms with E-state index in [4.69, 9.17) is 0 Å². The Kier molecular flexibility index (Phi) is 6.98. The van der Waals surface area contributed by atoms with Crippen molar-refractivity contribution in [2.45, 2.75) is 25.8 Å². The van der Waals surface area contributed by atoms with E-state index in [0.29, 0.717) is 12.5 Å². The Labute approximate surface area is 156 Å². The minimum Gasteiger partial charge on any atom is -0.352 e. The molecule has 0 radical (unpaired) electrons. The predicted molar refractivity (Wildman–Crippen MR) is 95.5 cm³/mol. The van der Waals surface area contributed by atoms with E-state index in [0.717, 1.165) is 17.7 Å². The molecule has 0 aliphatic carbocycles. The molecule has 1 atom stereocenters. The molecule has 7 heteroatoms. The number of carbonyl (C=O) groups excluding carboxylic acids is 2. The van der Waals surface area contributed by atoms with Crippen molar-refractivity contribution in [3.63, 3.8) is 0 Å². The Hall–Kier alpha value is -2.83. The Bertz CT molecular complexity index is 809. The maximum Gasteiger partial charge on any atom is 0.254 e. The largest absolute Gasteiger partial charge is 0.352 e. The Balaban J connectivity index is 1.79. The van der Waals surface area contributed by atoms with Crippen LogP contribution in [0.4, 0.5) is 13.2 Å². The summed E-state index contributed by atoms with van der Waals surface area (Å²) in [4.78, 5) is 25.7. The number of nitrogens with one attached hydrogen (secondary N) is 1. The Morgan fingerprint density at radius 1 is 1.04 bits per heavy atom. The van der Waals surface area contributed by atoms with Crippen molar-refractivity contribution in [3.05, 3.63) is 71.0 Å². The number of benzene rings is 2. The minimum atomic E-state index is -0.934. The van der Waals surface area contributed by atoms with Gasteiger partial charge in [-0.3, -0.25) is 9.59 Å². The third kappa shape index (κ3) is 5.57. The van der Waals surface area contributed by atoms with Gasteiger partial charge in [-0.15, -0.1) is 0 Å². The van der Waals surface area contributed by atoms with E-state index in [9.17, 15) is 22.8 Å². The van der Waals surface area contributed by atoms with E-state index in [1.54, 1.807) is 24.1 Å². The van der Waals surface area contributed by atoms with Crippen molar-refractivity contribution < 1.29 is 22.8 Å². The second kappa shape index (κ2) is 9.21. The van der Waals surface area contributed by atoms with Crippen LogP contribution in [0.25, 0.3) is 0 Å². The lowest BCUT2D eigenvalue weighted by molar-refractivity contribution is -0.131. The molecule has 0 aliphatic heterocycles. The van der Waals surface area contributed by atoms with Gasteiger partial charge in [0.25, 0.3) is 5.91 Å². The first kappa shape index (κ1) is 20.5. The smallest absolute Gasteiger partial charge is 0.254 e. The number of rotatable bonds is 7. The normalized spacial score (nSPS) is 11.7. The van der Waals surface area contributed by atoms with Gasteiger partial charge in [-0.1, -0.05) is 12.1 Å². The second-order valence-corrected chi connectivity index (χ2v) is 6.22. The van der Waals surface area contributed by atoms with Gasteiger partial charge in [0.15, 0.2) is 0 Å². The van der Waals surface area contributed by atoms with Crippen LogP contribution in [0, 0.1) is 17.5 Å². The third-order valence-electron chi connectivity index (χ3n) is 4.36. The summed E-state index contributed by atoms with van der Waals surface area (Å²) >= 11 is 0. The molecule has 0 fully saturated rings. The van der Waals surface area contributed by atoms with E-state index >= 15 is 0 Å². The molecule has 0 heterocycles. The van der Waals surface area contributed by atoms with Crippen molar-refractivity contribution in [1.29, 1.82) is 0 Å². The fraction of sp³-hybridized carbons (Fsp3) is 0.300. The van der Waals surface area contributed by atoms with Gasteiger partial charge in [0.1, 0.15) is 17.5 Å². The maximum atomic E-state index is 13.5. The summed E-state index contributed by atoms with van der Waals surface area (Å²) in [7, 11) is 1.66. The summed E-state index contributed by atoms with van der Waals surface area (Å²) in [5, 5.41) is 2.51. The van der Waals surface area contributed by atoms with Crippen molar-refractivity contribution in [3.8, 4) is 0 Å². The van der Waals surface area contributed by atoms with Gasteiger partial charge >= 0.3 is 0 Å². The fourth-order valence-corrected chi connectivity index (χ4v) is 2.57. The molecular formula is C20H21F3N2O2. The summed E-state index contributed by atoms with van der Waals surface area (Å²) in [6.45, 7) is 2.02. The highest BCUT2D eigenvalue weighted by Gasteiger charge is 2.17. The summed E-state index contributed by atoms with van der Waals surface area (Å²) in [6, 6.07) is 8.44. The minimum absolute atomic E-state index is 0.131. The van der Waals surface area contributed by atoms with Crippen LogP contribution in [0.5, 0.6) is 0 Å². The van der Waals surface area contributed by atoms with Gasteiger partial charge in [-0.25, -0.2) is 13.2 Å². The molecule has 0 aliphatic rings. The highest BCUT2D eigenvalue weighted by atomic mass is 19.1. The van der Waals surface area contributed by atoms with Crippen LogP contribution < -0.4 is 5.32 Å². The maximum absolute atomic E-state index is 13.5. The molecule has 1 unspecified atom stereocenters. The molecule has 144 valence electrons. The van der Waals surface area contributed by atoms with E-state index in [2.05, 4.69) is 5.32 Å². The summed E-state index contributed by atoms with van der Waals surface area (Å²) in [5.74, 6) is -2.82. The van der Waals surface area contributed by atoms with Crippen molar-refractivity contribution in [1.82, 2.24) is 10.2 Å². The molecular weight excluding hydrogens is 357 g/mol. The van der Waals surface area contributed by atoms with Gasteiger partial charge in [-0.2, -0.15) is 0 Å². The molecule has 2 amide bonds. The quantitative estimate of drug-likeness (QED) is 0.745. The topological polar surface area (TPSA) is 49.4 Å². The number of carbonyl (C=O) groups is 2. The SMILES string of the molecule is CC(c1ccc(F)cc1)N(C)C(=O)CCCNC(=O)c1ccc(F)cc1F. The standard InChI is InChI=1S/C20H21F3N2O2/c1-13(14-5-7-15(21)8-6-14)25(2)19(26)4-3-11-24-20(27)17-10-9-16(22)12-18(17)23/h5-10,12-13H,3-4,11H2,1-2H3,(H,24,27). The van der Waals surface area contributed by atoms with Gasteiger partial charge < -0.3 is 10.2 Å². The first-order chi connectivity index (χ1) is 12.8. The lowest BCUT2D eigenvalue weighted by Crippen LogP contribution is -2.31. The highest BCUT2D eigenvalue weighted by Crippen LogP contribution is 2.20. The molecule has 0 saturated carbocycles. The lowest BCUT2D eigenvalue weighted by Gasteiger charge is -2.25. The summed E-state index contributed by atoms with van der Waals surface area (Å²) < 4.78 is 39.4. The number of hydrogen-bond donors (Lipinski definition) is 1. The van der Waals surface area contributed by atoms with Crippen molar-refractivity contribution >= 4 is 11.8 Å². The van der Waals surface area contributed by atoms with E-state index in [-0.39, 0.29) is 36.3 Å². The average Bonchev–Trinajstić information content (AvgIpc) is 2.64. The molecule has 2 rings (SSSR count). The second-order valence-electron chi connectivity index (χ2n) is 6.22. The molecule has 0 saturated heterocycles. The Morgan fingerprint density at radius 3 is 2.30 bits per heavy atom. The molecule has 0 spiro atoms. The zero-order chi connectivity index (χ0) is 20.0. The molecule has 2 aromatic carbocycles. The van der Waals surface area contributed by atoms with Crippen molar-refractivity contribution in [2.24, 2.45) is 0 Å². The summed E-state index contributed by atoms with van der Waals surface area (Å²) in [6.07, 6.45) is 0.558. The van der Waals surface area contributed by atoms with Gasteiger partial charge in [0, 0.05) is 26.1 Å². The zero-order valence-electron chi connectivity index (χ0n) is 15.1. The van der Waals surface area contributed by atoms with Crippen LogP contribution in [0.15, 0.2) is 42.5 Å². The zero-order valence-corrected chi connectivity index (χ0v) is 15.1. The molecule has 2 aromatic rings. The van der Waals surface area contributed by atoms with E-state index in [1.165, 1.54) is 12.1 Å².